The molecule has 4 rings (SSSR count). The van der Waals surface area contributed by atoms with Crippen molar-refractivity contribution >= 4 is 17.3 Å². The van der Waals surface area contributed by atoms with E-state index in [2.05, 4.69) is 27.4 Å². The van der Waals surface area contributed by atoms with Gasteiger partial charge in [-0.15, -0.1) is 0 Å². The van der Waals surface area contributed by atoms with Crippen molar-refractivity contribution < 1.29 is 4.79 Å². The molecule has 5 heteroatoms. The highest BCUT2D eigenvalue weighted by atomic mass is 16.2. The van der Waals surface area contributed by atoms with Gasteiger partial charge in [-0.25, -0.2) is 0 Å². The molecule has 5 nitrogen and oxygen atoms in total. The lowest BCUT2D eigenvalue weighted by Gasteiger charge is -2.22. The van der Waals surface area contributed by atoms with Gasteiger partial charge in [0.05, 0.1) is 6.20 Å². The molecule has 2 heterocycles. The number of aromatic nitrogens is 2. The van der Waals surface area contributed by atoms with Crippen LogP contribution in [0.4, 0.5) is 11.4 Å². The summed E-state index contributed by atoms with van der Waals surface area (Å²) < 4.78 is 1.80. The molecule has 1 amide bonds. The number of benzene rings is 1. The van der Waals surface area contributed by atoms with Crippen molar-refractivity contribution in [2.75, 3.05) is 23.3 Å². The summed E-state index contributed by atoms with van der Waals surface area (Å²) >= 11 is 0. The van der Waals surface area contributed by atoms with Crippen LogP contribution in [0.25, 0.3) is 0 Å². The van der Waals surface area contributed by atoms with E-state index >= 15 is 0 Å². The minimum Gasteiger partial charge on any atom is -0.372 e. The van der Waals surface area contributed by atoms with Gasteiger partial charge >= 0.3 is 0 Å². The summed E-state index contributed by atoms with van der Waals surface area (Å²) in [7, 11) is 1.91. The summed E-state index contributed by atoms with van der Waals surface area (Å²) in [6.07, 6.45) is 10.0. The first-order valence-electron chi connectivity index (χ1n) is 9.35. The Balaban J connectivity index is 1.34. The summed E-state index contributed by atoms with van der Waals surface area (Å²) in [4.78, 5) is 14.9. The molecular formula is C20H26N4O. The third kappa shape index (κ3) is 3.70. The van der Waals surface area contributed by atoms with Crippen molar-refractivity contribution in [3.8, 4) is 0 Å². The molecule has 0 spiro atoms. The number of nitrogens with one attached hydrogen (secondary N) is 1. The van der Waals surface area contributed by atoms with Crippen molar-refractivity contribution in [2.24, 2.45) is 13.0 Å². The van der Waals surface area contributed by atoms with Crippen LogP contribution in [0.5, 0.6) is 0 Å². The Kier molecular flexibility index (Phi) is 4.47. The van der Waals surface area contributed by atoms with E-state index < -0.39 is 0 Å². The average molecular weight is 338 g/mol. The van der Waals surface area contributed by atoms with Crippen LogP contribution < -0.4 is 10.2 Å². The summed E-state index contributed by atoms with van der Waals surface area (Å²) in [5, 5.41) is 7.26. The highest BCUT2D eigenvalue weighted by Gasteiger charge is 2.44. The van der Waals surface area contributed by atoms with Crippen molar-refractivity contribution in [2.45, 2.75) is 38.0 Å². The summed E-state index contributed by atoms with van der Waals surface area (Å²) in [6, 6.07) is 8.32. The number of rotatable bonds is 4. The van der Waals surface area contributed by atoms with Crippen LogP contribution in [0.2, 0.25) is 0 Å². The Bertz CT molecular complexity index is 728. The third-order valence-electron chi connectivity index (χ3n) is 5.39. The standard InChI is InChI=1S/C20H26N4O/c1-23-14-15(13-21-23)18-12-19(18)20(25)22-16-6-8-17(9-7-16)24-10-4-2-3-5-11-24/h6-9,13-14,18-19H,2-5,10-12H2,1H3,(H,22,25)/t18-,19+/m1/s1. The quantitative estimate of drug-likeness (QED) is 0.927. The predicted octanol–water partition coefficient (Wildman–Crippen LogP) is 3.54. The molecular weight excluding hydrogens is 312 g/mol. The summed E-state index contributed by atoms with van der Waals surface area (Å²) in [5.74, 6) is 0.524. The molecule has 1 aliphatic carbocycles. The SMILES string of the molecule is Cn1cc([C@H]2C[C@@H]2C(=O)Nc2ccc(N3CCCCCC3)cc2)cn1. The zero-order chi connectivity index (χ0) is 17.2. The lowest BCUT2D eigenvalue weighted by molar-refractivity contribution is -0.117. The monoisotopic (exact) mass is 338 g/mol. The van der Waals surface area contributed by atoms with E-state index in [-0.39, 0.29) is 11.8 Å². The van der Waals surface area contributed by atoms with E-state index in [0.717, 1.165) is 25.2 Å². The van der Waals surface area contributed by atoms with Crippen LogP contribution in [0.1, 0.15) is 43.6 Å². The maximum Gasteiger partial charge on any atom is 0.228 e. The first kappa shape index (κ1) is 16.2. The van der Waals surface area contributed by atoms with Crippen molar-refractivity contribution in [3.63, 3.8) is 0 Å². The normalized spacial score (nSPS) is 23.2. The van der Waals surface area contributed by atoms with Gasteiger partial charge in [0.25, 0.3) is 0 Å². The second-order valence-corrected chi connectivity index (χ2v) is 7.33. The first-order valence-corrected chi connectivity index (χ1v) is 9.35. The van der Waals surface area contributed by atoms with E-state index in [0.29, 0.717) is 5.92 Å². The number of aryl methyl sites for hydroxylation is 1. The molecule has 2 atom stereocenters. The summed E-state index contributed by atoms with van der Waals surface area (Å²) in [6.45, 7) is 2.28. The second kappa shape index (κ2) is 6.90. The third-order valence-corrected chi connectivity index (χ3v) is 5.39. The van der Waals surface area contributed by atoms with Gasteiger partial charge in [-0.1, -0.05) is 12.8 Å². The van der Waals surface area contributed by atoms with Gasteiger partial charge in [-0.3, -0.25) is 9.48 Å². The highest BCUT2D eigenvalue weighted by Crippen LogP contribution is 2.47. The molecule has 0 bridgehead atoms. The average Bonchev–Trinajstić information content (AvgIpc) is 3.37. The Morgan fingerprint density at radius 1 is 1.12 bits per heavy atom. The summed E-state index contributed by atoms with van der Waals surface area (Å²) in [5.41, 5.74) is 3.32. The minimum absolute atomic E-state index is 0.0782. The minimum atomic E-state index is 0.0782. The van der Waals surface area contributed by atoms with Gasteiger partial charge in [0.15, 0.2) is 0 Å². The van der Waals surface area contributed by atoms with E-state index in [1.165, 1.54) is 36.9 Å². The van der Waals surface area contributed by atoms with Crippen molar-refractivity contribution in [1.29, 1.82) is 0 Å². The molecule has 2 aliphatic rings. The molecule has 1 saturated heterocycles. The van der Waals surface area contributed by atoms with Crippen LogP contribution in [0.3, 0.4) is 0 Å². The number of hydrogen-bond donors (Lipinski definition) is 1. The molecule has 1 saturated carbocycles. The Hall–Kier alpha value is -2.30. The molecule has 25 heavy (non-hydrogen) atoms. The van der Waals surface area contributed by atoms with E-state index in [9.17, 15) is 4.79 Å². The predicted molar refractivity (Wildman–Crippen MR) is 99.8 cm³/mol. The van der Waals surface area contributed by atoms with Crippen molar-refractivity contribution in [3.05, 3.63) is 42.2 Å². The number of hydrogen-bond acceptors (Lipinski definition) is 3. The Morgan fingerprint density at radius 3 is 2.48 bits per heavy atom. The van der Waals surface area contributed by atoms with E-state index in [1.54, 1.807) is 4.68 Å². The lowest BCUT2D eigenvalue weighted by atomic mass is 10.2. The Morgan fingerprint density at radius 2 is 1.84 bits per heavy atom. The van der Waals surface area contributed by atoms with Crippen LogP contribution >= 0.6 is 0 Å². The molecule has 1 aliphatic heterocycles. The maximum atomic E-state index is 12.4. The molecule has 1 N–H and O–H groups in total. The molecule has 132 valence electrons. The van der Waals surface area contributed by atoms with Gasteiger partial charge in [0, 0.05) is 43.6 Å². The molecule has 2 aromatic rings. The number of carbonyl (C=O) groups excluding carboxylic acids is 1. The van der Waals surface area contributed by atoms with Gasteiger partial charge in [-0.05, 0) is 55.0 Å². The lowest BCUT2D eigenvalue weighted by Crippen LogP contribution is -2.23. The molecule has 0 unspecified atom stereocenters. The molecule has 1 aromatic heterocycles. The van der Waals surface area contributed by atoms with Crippen LogP contribution in [-0.2, 0) is 11.8 Å². The fourth-order valence-corrected chi connectivity index (χ4v) is 3.80. The van der Waals surface area contributed by atoms with Crippen LogP contribution in [0.15, 0.2) is 36.7 Å². The fourth-order valence-electron chi connectivity index (χ4n) is 3.80. The number of nitrogens with zero attached hydrogens (tertiary/aromatic N) is 3. The van der Waals surface area contributed by atoms with Gasteiger partial charge in [0.1, 0.15) is 0 Å². The highest BCUT2D eigenvalue weighted by molar-refractivity contribution is 5.95. The smallest absolute Gasteiger partial charge is 0.228 e. The second-order valence-electron chi connectivity index (χ2n) is 7.33. The fraction of sp³-hybridized carbons (Fsp3) is 0.500. The Labute approximate surface area is 149 Å². The molecule has 2 fully saturated rings. The van der Waals surface area contributed by atoms with E-state index in [1.807, 2.05) is 31.6 Å². The number of anilines is 2. The topological polar surface area (TPSA) is 50.2 Å². The van der Waals surface area contributed by atoms with Gasteiger partial charge in [0.2, 0.25) is 5.91 Å². The van der Waals surface area contributed by atoms with Gasteiger partial charge in [-0.2, -0.15) is 5.10 Å². The van der Waals surface area contributed by atoms with Crippen LogP contribution in [-0.4, -0.2) is 28.8 Å². The number of amides is 1. The largest absolute Gasteiger partial charge is 0.372 e. The van der Waals surface area contributed by atoms with Crippen molar-refractivity contribution in [1.82, 2.24) is 9.78 Å². The first-order chi connectivity index (χ1) is 12.2. The zero-order valence-electron chi connectivity index (χ0n) is 14.8. The molecule has 1 aromatic carbocycles. The van der Waals surface area contributed by atoms with E-state index in [4.69, 9.17) is 0 Å². The maximum absolute atomic E-state index is 12.4. The van der Waals surface area contributed by atoms with Crippen LogP contribution in [0, 0.1) is 5.92 Å². The van der Waals surface area contributed by atoms with Gasteiger partial charge < -0.3 is 10.2 Å². The zero-order valence-corrected chi connectivity index (χ0v) is 14.8. The molecule has 0 radical (unpaired) electrons. The number of carbonyl (C=O) groups is 1.